The lowest BCUT2D eigenvalue weighted by atomic mass is 10.2. The van der Waals surface area contributed by atoms with Crippen LogP contribution in [0.1, 0.15) is 15.9 Å². The van der Waals surface area contributed by atoms with Gasteiger partial charge in [-0.2, -0.15) is 0 Å². The summed E-state index contributed by atoms with van der Waals surface area (Å²) in [5.74, 6) is 1.05. The zero-order chi connectivity index (χ0) is 22.3. The Morgan fingerprint density at radius 2 is 1.48 bits per heavy atom. The number of methoxy groups -OCH3 is 1. The maximum absolute atomic E-state index is 12.5. The fourth-order valence-corrected chi connectivity index (χ4v) is 3.79. The molecular formula is C23H24N2O5S. The highest BCUT2D eigenvalue weighted by Crippen LogP contribution is 2.19. The Morgan fingerprint density at radius 1 is 0.871 bits per heavy atom. The van der Waals surface area contributed by atoms with Crippen LogP contribution in [0.5, 0.6) is 11.5 Å². The Labute approximate surface area is 182 Å². The molecule has 0 atom stereocenters. The van der Waals surface area contributed by atoms with E-state index in [9.17, 15) is 13.2 Å². The van der Waals surface area contributed by atoms with E-state index < -0.39 is 10.0 Å². The van der Waals surface area contributed by atoms with Crippen LogP contribution in [0.25, 0.3) is 0 Å². The van der Waals surface area contributed by atoms with Crippen molar-refractivity contribution in [2.24, 2.45) is 0 Å². The van der Waals surface area contributed by atoms with E-state index in [0.717, 1.165) is 11.3 Å². The van der Waals surface area contributed by atoms with Crippen LogP contribution in [-0.4, -0.2) is 34.6 Å². The van der Waals surface area contributed by atoms with Gasteiger partial charge in [0.2, 0.25) is 0 Å². The van der Waals surface area contributed by atoms with Gasteiger partial charge < -0.3 is 14.8 Å². The van der Waals surface area contributed by atoms with Gasteiger partial charge in [-0.05, 0) is 67.6 Å². The van der Waals surface area contributed by atoms with Crippen molar-refractivity contribution in [1.29, 1.82) is 0 Å². The molecule has 3 aromatic carbocycles. The lowest BCUT2D eigenvalue weighted by Crippen LogP contribution is -2.28. The second-order valence-electron chi connectivity index (χ2n) is 6.78. The predicted octanol–water partition coefficient (Wildman–Crippen LogP) is 3.61. The number of rotatable bonds is 9. The smallest absolute Gasteiger partial charge is 0.261 e. The summed E-state index contributed by atoms with van der Waals surface area (Å²) in [5, 5.41) is 2.77. The van der Waals surface area contributed by atoms with Crippen molar-refractivity contribution in [2.75, 3.05) is 25.0 Å². The molecule has 3 aromatic rings. The molecule has 0 spiro atoms. The van der Waals surface area contributed by atoms with Gasteiger partial charge in [-0.15, -0.1) is 0 Å². The minimum atomic E-state index is -3.74. The lowest BCUT2D eigenvalue weighted by Gasteiger charge is -2.10. The van der Waals surface area contributed by atoms with Gasteiger partial charge in [0.25, 0.3) is 15.9 Å². The molecule has 0 bridgehead atoms. The molecule has 0 fully saturated rings. The second kappa shape index (κ2) is 9.99. The van der Waals surface area contributed by atoms with Crippen molar-refractivity contribution in [2.45, 2.75) is 11.8 Å². The third kappa shape index (κ3) is 6.23. The average Bonchev–Trinajstić information content (AvgIpc) is 2.78. The van der Waals surface area contributed by atoms with Gasteiger partial charge in [0, 0.05) is 11.3 Å². The Bertz CT molecular complexity index is 1110. The molecule has 0 aliphatic rings. The predicted molar refractivity (Wildman–Crippen MR) is 119 cm³/mol. The first-order valence-electron chi connectivity index (χ1n) is 9.62. The third-order valence-corrected chi connectivity index (χ3v) is 5.84. The molecular weight excluding hydrogens is 416 g/mol. The molecule has 1 amide bonds. The molecule has 8 heteroatoms. The normalized spacial score (nSPS) is 10.9. The summed E-state index contributed by atoms with van der Waals surface area (Å²) < 4.78 is 38.1. The fraction of sp³-hybridized carbons (Fsp3) is 0.174. The summed E-state index contributed by atoms with van der Waals surface area (Å²) in [7, 11) is -2.23. The average molecular weight is 441 g/mol. The van der Waals surface area contributed by atoms with E-state index in [-0.39, 0.29) is 10.8 Å². The first kappa shape index (κ1) is 22.2. The van der Waals surface area contributed by atoms with Crippen molar-refractivity contribution in [3.05, 3.63) is 83.9 Å². The monoisotopic (exact) mass is 440 g/mol. The van der Waals surface area contributed by atoms with Gasteiger partial charge >= 0.3 is 0 Å². The van der Waals surface area contributed by atoms with Crippen molar-refractivity contribution in [3.63, 3.8) is 0 Å². The summed E-state index contributed by atoms with van der Waals surface area (Å²) in [6.07, 6.45) is 0. The van der Waals surface area contributed by atoms with Gasteiger partial charge in [0.1, 0.15) is 18.1 Å². The summed E-state index contributed by atoms with van der Waals surface area (Å²) in [4.78, 5) is 12.4. The van der Waals surface area contributed by atoms with Crippen molar-refractivity contribution in [3.8, 4) is 11.5 Å². The number of hydrogen-bond acceptors (Lipinski definition) is 5. The summed E-state index contributed by atoms with van der Waals surface area (Å²) >= 11 is 0. The summed E-state index contributed by atoms with van der Waals surface area (Å²) in [5.41, 5.74) is 1.92. The highest BCUT2D eigenvalue weighted by Gasteiger charge is 2.14. The largest absolute Gasteiger partial charge is 0.497 e. The highest BCUT2D eigenvalue weighted by molar-refractivity contribution is 7.92. The van der Waals surface area contributed by atoms with Crippen LogP contribution >= 0.6 is 0 Å². The van der Waals surface area contributed by atoms with Crippen LogP contribution in [0.15, 0.2) is 77.7 Å². The number of amides is 1. The molecule has 0 aliphatic heterocycles. The van der Waals surface area contributed by atoms with Crippen LogP contribution in [0.3, 0.4) is 0 Å². The zero-order valence-electron chi connectivity index (χ0n) is 17.3. The van der Waals surface area contributed by atoms with Gasteiger partial charge in [-0.3, -0.25) is 9.52 Å². The number of benzene rings is 3. The van der Waals surface area contributed by atoms with E-state index >= 15 is 0 Å². The van der Waals surface area contributed by atoms with Gasteiger partial charge in [0.15, 0.2) is 0 Å². The van der Waals surface area contributed by atoms with E-state index in [2.05, 4.69) is 10.0 Å². The molecule has 3 rings (SSSR count). The molecule has 0 saturated heterocycles. The number of anilines is 1. The number of hydrogen-bond donors (Lipinski definition) is 2. The van der Waals surface area contributed by atoms with E-state index in [0.29, 0.717) is 30.2 Å². The van der Waals surface area contributed by atoms with E-state index in [4.69, 9.17) is 9.47 Å². The topological polar surface area (TPSA) is 93.7 Å². The maximum Gasteiger partial charge on any atom is 0.261 e. The molecule has 0 radical (unpaired) electrons. The van der Waals surface area contributed by atoms with Gasteiger partial charge in [-0.25, -0.2) is 8.42 Å². The Balaban J connectivity index is 1.51. The van der Waals surface area contributed by atoms with Gasteiger partial charge in [-0.1, -0.05) is 17.7 Å². The molecule has 0 aliphatic carbocycles. The molecule has 2 N–H and O–H groups in total. The van der Waals surface area contributed by atoms with Crippen molar-refractivity contribution in [1.82, 2.24) is 5.32 Å². The van der Waals surface area contributed by atoms with Crippen LogP contribution in [0, 0.1) is 6.92 Å². The molecule has 0 heterocycles. The third-order valence-electron chi connectivity index (χ3n) is 4.45. The molecule has 0 aromatic heterocycles. The minimum absolute atomic E-state index is 0.115. The Morgan fingerprint density at radius 3 is 2.10 bits per heavy atom. The van der Waals surface area contributed by atoms with E-state index in [1.54, 1.807) is 36.4 Å². The summed E-state index contributed by atoms with van der Waals surface area (Å²) in [6, 6.07) is 19.9. The first-order valence-corrected chi connectivity index (χ1v) is 11.1. The van der Waals surface area contributed by atoms with E-state index in [1.807, 2.05) is 31.2 Å². The molecule has 0 unspecified atom stereocenters. The van der Waals surface area contributed by atoms with Crippen LogP contribution < -0.4 is 19.5 Å². The van der Waals surface area contributed by atoms with Crippen LogP contribution in [0.4, 0.5) is 5.69 Å². The molecule has 7 nitrogen and oxygen atoms in total. The first-order chi connectivity index (χ1) is 14.9. The number of carbonyl (C=O) groups excluding carboxylic acids is 1. The number of nitrogens with one attached hydrogen (secondary N) is 2. The SMILES string of the molecule is COc1ccc(S(=O)(=O)Nc2ccc(C(=O)NCCOc3ccc(C)cc3)cc2)cc1. The van der Waals surface area contributed by atoms with Gasteiger partial charge in [0.05, 0.1) is 18.6 Å². The van der Waals surface area contributed by atoms with Crippen molar-refractivity contribution < 1.29 is 22.7 Å². The van der Waals surface area contributed by atoms with Crippen LogP contribution in [-0.2, 0) is 10.0 Å². The molecule has 31 heavy (non-hydrogen) atoms. The minimum Gasteiger partial charge on any atom is -0.497 e. The fourth-order valence-electron chi connectivity index (χ4n) is 2.73. The molecule has 0 saturated carbocycles. The highest BCUT2D eigenvalue weighted by atomic mass is 32.2. The number of aryl methyl sites for hydroxylation is 1. The Hall–Kier alpha value is -3.52. The number of sulfonamides is 1. The number of ether oxygens (including phenoxy) is 2. The van der Waals surface area contributed by atoms with Crippen molar-refractivity contribution >= 4 is 21.6 Å². The van der Waals surface area contributed by atoms with Crippen LogP contribution in [0.2, 0.25) is 0 Å². The number of carbonyl (C=O) groups is 1. The molecule has 162 valence electrons. The quantitative estimate of drug-likeness (QED) is 0.496. The maximum atomic E-state index is 12.5. The summed E-state index contributed by atoms with van der Waals surface area (Å²) in [6.45, 7) is 2.69. The standard InChI is InChI=1S/C23H24N2O5S/c1-17-3-9-21(10-4-17)30-16-15-24-23(26)18-5-7-19(8-6-18)25-31(27,28)22-13-11-20(29-2)12-14-22/h3-14,25H,15-16H2,1-2H3,(H,24,26). The zero-order valence-corrected chi connectivity index (χ0v) is 18.1. The van der Waals surface area contributed by atoms with E-state index in [1.165, 1.54) is 19.2 Å². The Kier molecular flexibility index (Phi) is 7.15. The second-order valence-corrected chi connectivity index (χ2v) is 8.46. The lowest BCUT2D eigenvalue weighted by molar-refractivity contribution is 0.0947.